The van der Waals surface area contributed by atoms with Gasteiger partial charge in [0.25, 0.3) is 0 Å². The fourth-order valence-electron chi connectivity index (χ4n) is 3.39. The lowest BCUT2D eigenvalue weighted by atomic mass is 9.85. The number of nitrogens with one attached hydrogen (secondary N) is 1. The van der Waals surface area contributed by atoms with Gasteiger partial charge in [0.1, 0.15) is 0 Å². The topological polar surface area (TPSA) is 55.1 Å². The maximum Gasteiger partial charge on any atom is 0.222 e. The molecule has 0 spiro atoms. The molecule has 4 heteroatoms. The Bertz CT molecular complexity index is 489. The van der Waals surface area contributed by atoms with Gasteiger partial charge in [-0.1, -0.05) is 24.4 Å². The largest absolute Gasteiger partial charge is 0.381 e. The molecule has 1 heterocycles. The average molecular weight is 265 g/mol. The lowest BCUT2D eigenvalue weighted by molar-refractivity contribution is -0.122. The van der Waals surface area contributed by atoms with Crippen LogP contribution in [0.3, 0.4) is 0 Å². The number of carbonyl (C=O) groups is 1. The molecule has 2 aliphatic rings. The van der Waals surface area contributed by atoms with E-state index in [1.807, 2.05) is 18.2 Å². The third-order valence-corrected chi connectivity index (χ3v) is 4.48. The summed E-state index contributed by atoms with van der Waals surface area (Å²) in [6, 6.07) is 6.07. The summed E-state index contributed by atoms with van der Waals surface area (Å²) in [6.45, 7) is 0. The lowest BCUT2D eigenvalue weighted by Gasteiger charge is -2.24. The summed E-state index contributed by atoms with van der Waals surface area (Å²) in [6.07, 6.45) is 4.23. The third kappa shape index (κ3) is 1.87. The van der Waals surface area contributed by atoms with Gasteiger partial charge in [0, 0.05) is 22.7 Å². The first-order chi connectivity index (χ1) is 8.66. The number of primary amides is 1. The van der Waals surface area contributed by atoms with Crippen LogP contribution in [0.1, 0.15) is 37.2 Å². The minimum Gasteiger partial charge on any atom is -0.381 e. The van der Waals surface area contributed by atoms with E-state index in [1.165, 1.54) is 5.56 Å². The van der Waals surface area contributed by atoms with E-state index in [0.717, 1.165) is 36.4 Å². The SMILES string of the molecule is NC(=O)[C@@H]1CCCC[C@H]2c3cc(Cl)ccc3N[C@@H]12. The van der Waals surface area contributed by atoms with E-state index in [-0.39, 0.29) is 17.9 Å². The van der Waals surface area contributed by atoms with Crippen molar-refractivity contribution >= 4 is 23.2 Å². The highest BCUT2D eigenvalue weighted by Gasteiger charge is 2.40. The zero-order valence-corrected chi connectivity index (χ0v) is 10.9. The van der Waals surface area contributed by atoms with Crippen LogP contribution >= 0.6 is 11.6 Å². The molecule has 1 fully saturated rings. The first-order valence-electron chi connectivity index (χ1n) is 6.52. The Labute approximate surface area is 112 Å². The number of carbonyl (C=O) groups excluding carboxylic acids is 1. The molecule has 0 bridgehead atoms. The molecule has 0 radical (unpaired) electrons. The van der Waals surface area contributed by atoms with Crippen molar-refractivity contribution in [1.82, 2.24) is 0 Å². The van der Waals surface area contributed by atoms with Gasteiger partial charge in [0.05, 0.1) is 5.92 Å². The maximum absolute atomic E-state index is 11.6. The summed E-state index contributed by atoms with van der Waals surface area (Å²) in [5.41, 5.74) is 7.92. The average Bonchev–Trinajstić information content (AvgIpc) is 2.55. The standard InChI is InChI=1S/C14H17ClN2O/c15-8-5-6-12-11(7-8)9-3-1-2-4-10(14(16)18)13(9)17-12/h5-7,9-10,13,17H,1-4H2,(H2,16,18)/t9-,10+,13+/m0/s1. The van der Waals surface area contributed by atoms with Gasteiger partial charge in [-0.3, -0.25) is 4.79 Å². The van der Waals surface area contributed by atoms with Crippen molar-refractivity contribution in [3.63, 3.8) is 0 Å². The van der Waals surface area contributed by atoms with E-state index in [0.29, 0.717) is 5.92 Å². The Morgan fingerprint density at radius 1 is 1.33 bits per heavy atom. The van der Waals surface area contributed by atoms with Crippen LogP contribution in [0.15, 0.2) is 18.2 Å². The van der Waals surface area contributed by atoms with Crippen LogP contribution in [0.5, 0.6) is 0 Å². The molecule has 1 aliphatic heterocycles. The molecule has 1 saturated carbocycles. The van der Waals surface area contributed by atoms with Crippen LogP contribution in [0.25, 0.3) is 0 Å². The number of anilines is 1. The molecule has 1 aromatic carbocycles. The zero-order valence-electron chi connectivity index (χ0n) is 10.2. The van der Waals surface area contributed by atoms with Crippen molar-refractivity contribution in [2.75, 3.05) is 5.32 Å². The molecule has 0 saturated heterocycles. The van der Waals surface area contributed by atoms with Gasteiger partial charge in [-0.25, -0.2) is 0 Å². The van der Waals surface area contributed by atoms with Gasteiger partial charge < -0.3 is 11.1 Å². The molecule has 18 heavy (non-hydrogen) atoms. The number of amides is 1. The van der Waals surface area contributed by atoms with E-state index < -0.39 is 0 Å². The maximum atomic E-state index is 11.6. The van der Waals surface area contributed by atoms with Crippen LogP contribution in [-0.2, 0) is 4.79 Å². The minimum absolute atomic E-state index is 0.0660. The third-order valence-electron chi connectivity index (χ3n) is 4.25. The summed E-state index contributed by atoms with van der Waals surface area (Å²) in [4.78, 5) is 11.6. The minimum atomic E-state index is -0.182. The predicted octanol–water partition coefficient (Wildman–Crippen LogP) is 2.89. The Hall–Kier alpha value is -1.22. The van der Waals surface area contributed by atoms with Crippen LogP contribution < -0.4 is 11.1 Å². The molecular formula is C14H17ClN2O. The first-order valence-corrected chi connectivity index (χ1v) is 6.90. The predicted molar refractivity (Wildman–Crippen MR) is 72.8 cm³/mol. The van der Waals surface area contributed by atoms with Gasteiger partial charge in [-0.2, -0.15) is 0 Å². The lowest BCUT2D eigenvalue weighted by Crippen LogP contribution is -2.38. The first kappa shape index (κ1) is 11.8. The molecule has 3 nitrogen and oxygen atoms in total. The number of nitrogens with two attached hydrogens (primary N) is 1. The van der Waals surface area contributed by atoms with Crippen molar-refractivity contribution in [2.45, 2.75) is 37.6 Å². The van der Waals surface area contributed by atoms with Crippen LogP contribution in [0, 0.1) is 5.92 Å². The van der Waals surface area contributed by atoms with Crippen LogP contribution in [-0.4, -0.2) is 11.9 Å². The summed E-state index contributed by atoms with van der Waals surface area (Å²) < 4.78 is 0. The molecule has 0 unspecified atom stereocenters. The van der Waals surface area contributed by atoms with Crippen molar-refractivity contribution in [3.8, 4) is 0 Å². The van der Waals surface area contributed by atoms with Gasteiger partial charge in [0.2, 0.25) is 5.91 Å². The van der Waals surface area contributed by atoms with Crippen molar-refractivity contribution in [3.05, 3.63) is 28.8 Å². The highest BCUT2D eigenvalue weighted by atomic mass is 35.5. The van der Waals surface area contributed by atoms with E-state index in [9.17, 15) is 4.79 Å². The summed E-state index contributed by atoms with van der Waals surface area (Å²) in [5.74, 6) is 0.126. The smallest absolute Gasteiger partial charge is 0.222 e. The highest BCUT2D eigenvalue weighted by Crippen LogP contribution is 2.45. The fourth-order valence-corrected chi connectivity index (χ4v) is 3.57. The van der Waals surface area contributed by atoms with Crippen molar-refractivity contribution < 1.29 is 4.79 Å². The van der Waals surface area contributed by atoms with Crippen LogP contribution in [0.2, 0.25) is 5.02 Å². The number of benzene rings is 1. The number of hydrogen-bond acceptors (Lipinski definition) is 2. The van der Waals surface area contributed by atoms with Gasteiger partial charge in [0.15, 0.2) is 0 Å². The number of fused-ring (bicyclic) bond motifs is 3. The van der Waals surface area contributed by atoms with Crippen LogP contribution in [0.4, 0.5) is 5.69 Å². The Kier molecular flexibility index (Phi) is 2.94. The fraction of sp³-hybridized carbons (Fsp3) is 0.500. The Morgan fingerprint density at radius 3 is 2.89 bits per heavy atom. The van der Waals surface area contributed by atoms with E-state index >= 15 is 0 Å². The number of halogens is 1. The molecule has 1 aliphatic carbocycles. The molecule has 1 amide bonds. The van der Waals surface area contributed by atoms with Crippen molar-refractivity contribution in [2.24, 2.45) is 11.7 Å². The van der Waals surface area contributed by atoms with Gasteiger partial charge in [-0.05, 0) is 36.6 Å². The molecule has 3 atom stereocenters. The van der Waals surface area contributed by atoms with E-state index in [1.54, 1.807) is 0 Å². The van der Waals surface area contributed by atoms with E-state index in [2.05, 4.69) is 5.32 Å². The second-order valence-corrected chi connectivity index (χ2v) is 5.74. The number of hydrogen-bond donors (Lipinski definition) is 2. The Balaban J connectivity index is 1.99. The number of rotatable bonds is 1. The van der Waals surface area contributed by atoms with Crippen molar-refractivity contribution in [1.29, 1.82) is 0 Å². The second kappa shape index (κ2) is 4.47. The molecule has 3 rings (SSSR count). The van der Waals surface area contributed by atoms with Gasteiger partial charge in [-0.15, -0.1) is 0 Å². The summed E-state index contributed by atoms with van der Waals surface area (Å²) in [7, 11) is 0. The highest BCUT2D eigenvalue weighted by molar-refractivity contribution is 6.30. The summed E-state index contributed by atoms with van der Waals surface area (Å²) >= 11 is 6.07. The molecular weight excluding hydrogens is 248 g/mol. The molecule has 1 aromatic rings. The monoisotopic (exact) mass is 264 g/mol. The van der Waals surface area contributed by atoms with Gasteiger partial charge >= 0.3 is 0 Å². The quantitative estimate of drug-likeness (QED) is 0.819. The van der Waals surface area contributed by atoms with E-state index in [4.69, 9.17) is 17.3 Å². The Morgan fingerprint density at radius 2 is 2.11 bits per heavy atom. The molecule has 96 valence electrons. The molecule has 0 aromatic heterocycles. The second-order valence-electron chi connectivity index (χ2n) is 5.30. The molecule has 3 N–H and O–H groups in total. The normalized spacial score (nSPS) is 29.9. The summed E-state index contributed by atoms with van der Waals surface area (Å²) in [5, 5.41) is 4.24. The zero-order chi connectivity index (χ0) is 12.7.